The lowest BCUT2D eigenvalue weighted by atomic mass is 9.94. The van der Waals surface area contributed by atoms with Gasteiger partial charge in [-0.05, 0) is 60.2 Å². The fraction of sp³-hybridized carbons (Fsp3) is 0.333. The number of rotatable bonds is 6. The molecule has 0 aliphatic carbocycles. The fourth-order valence-corrected chi connectivity index (χ4v) is 6.74. The third kappa shape index (κ3) is 5.23. The van der Waals surface area contributed by atoms with Crippen molar-refractivity contribution in [3.63, 3.8) is 0 Å². The van der Waals surface area contributed by atoms with Crippen LogP contribution in [-0.4, -0.2) is 49.7 Å². The molecule has 0 spiro atoms. The summed E-state index contributed by atoms with van der Waals surface area (Å²) in [6, 6.07) is 14.2. The molecule has 0 saturated carbocycles. The minimum Gasteiger partial charge on any atom is -0.376 e. The van der Waals surface area contributed by atoms with Gasteiger partial charge in [-0.15, -0.1) is 11.3 Å². The summed E-state index contributed by atoms with van der Waals surface area (Å²) < 4.78 is 81.0. The average molecular weight is 529 g/mol. The molecule has 11 heteroatoms. The van der Waals surface area contributed by atoms with Crippen LogP contribution in [0.3, 0.4) is 0 Å². The van der Waals surface area contributed by atoms with Gasteiger partial charge in [-0.25, -0.2) is 12.8 Å². The van der Waals surface area contributed by atoms with Gasteiger partial charge in [-0.3, -0.25) is 0 Å². The van der Waals surface area contributed by atoms with E-state index in [-0.39, 0.29) is 34.7 Å². The van der Waals surface area contributed by atoms with E-state index in [0.29, 0.717) is 25.6 Å². The Morgan fingerprint density at radius 1 is 1.03 bits per heavy atom. The number of nitrogens with zero attached hydrogens (tertiary/aromatic N) is 2. The molecule has 1 N–H and O–H groups in total. The van der Waals surface area contributed by atoms with E-state index in [2.05, 4.69) is 0 Å². The Hall–Kier alpha value is -2.47. The lowest BCUT2D eigenvalue weighted by Crippen LogP contribution is -2.55. The van der Waals surface area contributed by atoms with Gasteiger partial charge in [0.25, 0.3) is 10.0 Å². The largest absolute Gasteiger partial charge is 0.421 e. The summed E-state index contributed by atoms with van der Waals surface area (Å²) in [5, 5.41) is 11.7. The Labute approximate surface area is 205 Å². The second-order valence-electron chi connectivity index (χ2n) is 8.59. The summed E-state index contributed by atoms with van der Waals surface area (Å²) in [6.45, 7) is 1.36. The lowest BCUT2D eigenvalue weighted by molar-refractivity contribution is -0.258. The normalized spacial score (nSPS) is 19.5. The number of anilines is 1. The number of thiophene rings is 1. The highest BCUT2D eigenvalue weighted by Gasteiger charge is 2.51. The molecular weight excluding hydrogens is 504 g/mol. The molecule has 1 aliphatic heterocycles. The van der Waals surface area contributed by atoms with Crippen LogP contribution in [0.15, 0.2) is 70.3 Å². The summed E-state index contributed by atoms with van der Waals surface area (Å²) in [6.07, 6.45) is -4.43. The van der Waals surface area contributed by atoms with E-state index in [1.54, 1.807) is 29.6 Å². The Morgan fingerprint density at radius 3 is 2.26 bits per heavy atom. The monoisotopic (exact) mass is 528 g/mol. The molecule has 0 amide bonds. The van der Waals surface area contributed by atoms with Gasteiger partial charge in [0.15, 0.2) is 5.60 Å². The van der Waals surface area contributed by atoms with Crippen molar-refractivity contribution in [1.29, 1.82) is 0 Å². The van der Waals surface area contributed by atoms with Crippen molar-refractivity contribution in [2.45, 2.75) is 35.4 Å². The van der Waals surface area contributed by atoms with Crippen molar-refractivity contribution in [3.8, 4) is 0 Å². The Morgan fingerprint density at radius 2 is 1.69 bits per heavy atom. The number of hydrogen-bond donors (Lipinski definition) is 1. The van der Waals surface area contributed by atoms with Crippen LogP contribution >= 0.6 is 11.3 Å². The number of benzene rings is 2. The molecule has 1 aromatic heterocycles. The zero-order valence-electron chi connectivity index (χ0n) is 18.7. The number of halogens is 4. The van der Waals surface area contributed by atoms with Crippen LogP contribution in [0.1, 0.15) is 18.1 Å². The predicted octanol–water partition coefficient (Wildman–Crippen LogP) is 4.78. The highest BCUT2D eigenvalue weighted by molar-refractivity contribution is 7.91. The molecule has 0 bridgehead atoms. The van der Waals surface area contributed by atoms with Gasteiger partial charge in [0.1, 0.15) is 10.0 Å². The molecule has 1 saturated heterocycles. The maximum atomic E-state index is 13.4. The maximum absolute atomic E-state index is 13.4. The molecule has 1 fully saturated rings. The molecule has 1 aliphatic rings. The number of alkyl halides is 3. The summed E-state index contributed by atoms with van der Waals surface area (Å²) in [4.78, 5) is 1.94. The van der Waals surface area contributed by atoms with E-state index in [1.165, 1.54) is 40.7 Å². The van der Waals surface area contributed by atoms with Gasteiger partial charge < -0.3 is 10.0 Å². The first kappa shape index (κ1) is 25.6. The van der Waals surface area contributed by atoms with E-state index in [1.807, 2.05) is 4.90 Å². The van der Waals surface area contributed by atoms with Crippen LogP contribution in [0.4, 0.5) is 23.2 Å². The van der Waals surface area contributed by atoms with Crippen LogP contribution in [-0.2, 0) is 22.0 Å². The first-order valence-corrected chi connectivity index (χ1v) is 13.2. The fourth-order valence-electron chi connectivity index (χ4n) is 4.13. The van der Waals surface area contributed by atoms with Crippen LogP contribution in [0.2, 0.25) is 0 Å². The summed E-state index contributed by atoms with van der Waals surface area (Å²) >= 11 is 1.13. The Bertz CT molecular complexity index is 1240. The van der Waals surface area contributed by atoms with E-state index in [9.17, 15) is 31.1 Å². The molecule has 0 radical (unpaired) electrons. The average Bonchev–Trinajstić information content (AvgIpc) is 3.36. The maximum Gasteiger partial charge on any atom is 0.421 e. The second kappa shape index (κ2) is 9.53. The molecule has 35 heavy (non-hydrogen) atoms. The predicted molar refractivity (Wildman–Crippen MR) is 126 cm³/mol. The number of aliphatic hydroxyl groups is 1. The van der Waals surface area contributed by atoms with Gasteiger partial charge in [0.05, 0.1) is 0 Å². The van der Waals surface area contributed by atoms with E-state index >= 15 is 0 Å². The van der Waals surface area contributed by atoms with Crippen molar-refractivity contribution < 1.29 is 31.1 Å². The van der Waals surface area contributed by atoms with Crippen molar-refractivity contribution >= 4 is 27.0 Å². The second-order valence-corrected chi connectivity index (χ2v) is 11.7. The Balaban J connectivity index is 1.63. The first-order valence-electron chi connectivity index (χ1n) is 10.8. The first-order chi connectivity index (χ1) is 16.4. The zero-order valence-corrected chi connectivity index (χ0v) is 20.4. The smallest absolute Gasteiger partial charge is 0.376 e. The molecule has 4 rings (SSSR count). The van der Waals surface area contributed by atoms with Crippen LogP contribution < -0.4 is 4.90 Å². The highest BCUT2D eigenvalue weighted by atomic mass is 32.2. The molecule has 3 aromatic rings. The Kier molecular flexibility index (Phi) is 6.98. The standard InChI is InChI=1S/C24H24F4N2O3S2/c1-23(31,24(26,27)28)18-6-10-20(11-7-18)30-13-12-29(35(32,33)22-3-2-14-34-22)16-21(30)15-17-4-8-19(25)9-5-17/h2-11,14,21,31H,12-13,15-16H2,1H3/t21-,23+/m1/s1. The van der Waals surface area contributed by atoms with Gasteiger partial charge in [0.2, 0.25) is 0 Å². The topological polar surface area (TPSA) is 60.9 Å². The van der Waals surface area contributed by atoms with Gasteiger partial charge in [-0.2, -0.15) is 17.5 Å². The van der Waals surface area contributed by atoms with Gasteiger partial charge in [-0.1, -0.05) is 30.3 Å². The van der Waals surface area contributed by atoms with Gasteiger partial charge >= 0.3 is 6.18 Å². The third-order valence-electron chi connectivity index (χ3n) is 6.23. The van der Waals surface area contributed by atoms with Crippen molar-refractivity contribution in [2.75, 3.05) is 24.5 Å². The zero-order chi connectivity index (χ0) is 25.4. The molecular formula is C24H24F4N2O3S2. The SMILES string of the molecule is C[C@](O)(c1ccc(N2CCN(S(=O)(=O)c3cccs3)C[C@H]2Cc2ccc(F)cc2)cc1)C(F)(F)F. The molecule has 188 valence electrons. The van der Waals surface area contributed by atoms with E-state index in [0.717, 1.165) is 16.9 Å². The molecule has 2 heterocycles. The van der Waals surface area contributed by atoms with Crippen LogP contribution in [0.5, 0.6) is 0 Å². The van der Waals surface area contributed by atoms with Crippen molar-refractivity contribution in [1.82, 2.24) is 4.31 Å². The number of piperazine rings is 1. The number of hydrogen-bond acceptors (Lipinski definition) is 5. The molecule has 0 unspecified atom stereocenters. The molecule has 5 nitrogen and oxygen atoms in total. The highest BCUT2D eigenvalue weighted by Crippen LogP contribution is 2.39. The minimum absolute atomic E-state index is 0.152. The summed E-state index contributed by atoms with van der Waals surface area (Å²) in [5.74, 6) is -0.386. The van der Waals surface area contributed by atoms with E-state index < -0.39 is 21.8 Å². The van der Waals surface area contributed by atoms with Crippen molar-refractivity contribution in [3.05, 3.63) is 83.0 Å². The van der Waals surface area contributed by atoms with Crippen molar-refractivity contribution in [2.24, 2.45) is 0 Å². The molecule has 2 atom stereocenters. The minimum atomic E-state index is -4.83. The van der Waals surface area contributed by atoms with Gasteiger partial charge in [0, 0.05) is 31.4 Å². The van der Waals surface area contributed by atoms with Crippen LogP contribution in [0.25, 0.3) is 0 Å². The quantitative estimate of drug-likeness (QED) is 0.468. The summed E-state index contributed by atoms with van der Waals surface area (Å²) in [7, 11) is -3.69. The molecule has 2 aromatic carbocycles. The summed E-state index contributed by atoms with van der Waals surface area (Å²) in [5.41, 5.74) is -1.88. The lowest BCUT2D eigenvalue weighted by Gasteiger charge is -2.42. The third-order valence-corrected chi connectivity index (χ3v) is 9.47. The van der Waals surface area contributed by atoms with Crippen LogP contribution in [0, 0.1) is 5.82 Å². The van der Waals surface area contributed by atoms with E-state index in [4.69, 9.17) is 0 Å². The number of sulfonamides is 1.